The van der Waals surface area contributed by atoms with E-state index in [2.05, 4.69) is 5.32 Å². The van der Waals surface area contributed by atoms with Crippen LogP contribution in [0.5, 0.6) is 0 Å². The second-order valence-corrected chi connectivity index (χ2v) is 7.62. The smallest absolute Gasteiger partial charge is 0.320 e. The van der Waals surface area contributed by atoms with Crippen molar-refractivity contribution in [3.8, 4) is 0 Å². The minimum absolute atomic E-state index is 0.0660. The van der Waals surface area contributed by atoms with Crippen LogP contribution in [0, 0.1) is 5.92 Å². The number of carbonyl (C=O) groups excluding carboxylic acids is 2. The van der Waals surface area contributed by atoms with Gasteiger partial charge in [-0.15, -0.1) is 0 Å². The summed E-state index contributed by atoms with van der Waals surface area (Å²) in [4.78, 5) is 28.8. The highest BCUT2D eigenvalue weighted by Crippen LogP contribution is 2.22. The maximum atomic E-state index is 12.6. The summed E-state index contributed by atoms with van der Waals surface area (Å²) in [5.41, 5.74) is -0.341. The molecule has 6 nitrogen and oxygen atoms in total. The lowest BCUT2D eigenvalue weighted by Crippen LogP contribution is -2.50. The number of urea groups is 1. The van der Waals surface area contributed by atoms with Crippen LogP contribution in [-0.2, 0) is 10.4 Å². The van der Waals surface area contributed by atoms with Crippen LogP contribution in [0.15, 0.2) is 30.3 Å². The molecule has 142 valence electrons. The molecule has 2 fully saturated rings. The Hall–Kier alpha value is -2.08. The summed E-state index contributed by atoms with van der Waals surface area (Å²) >= 11 is 0. The molecule has 3 rings (SSSR count). The van der Waals surface area contributed by atoms with Crippen LogP contribution in [0.3, 0.4) is 0 Å². The Labute approximate surface area is 155 Å². The van der Waals surface area contributed by atoms with Crippen LogP contribution in [0.25, 0.3) is 0 Å². The predicted octanol–water partition coefficient (Wildman–Crippen LogP) is 1.94. The Morgan fingerprint density at radius 2 is 1.77 bits per heavy atom. The quantitative estimate of drug-likeness (QED) is 0.863. The number of rotatable bonds is 4. The van der Waals surface area contributed by atoms with Gasteiger partial charge in [0.25, 0.3) is 0 Å². The van der Waals surface area contributed by atoms with Crippen molar-refractivity contribution in [2.45, 2.75) is 38.2 Å². The summed E-state index contributed by atoms with van der Waals surface area (Å²) in [6.45, 7) is 4.70. The van der Waals surface area contributed by atoms with Crippen molar-refractivity contribution in [2.24, 2.45) is 5.92 Å². The van der Waals surface area contributed by atoms with Crippen molar-refractivity contribution < 1.29 is 14.7 Å². The fourth-order valence-electron chi connectivity index (χ4n) is 3.78. The van der Waals surface area contributed by atoms with E-state index in [1.54, 1.807) is 6.92 Å². The standard InChI is InChI=1S/C20H29N3O3/c1-20(26,17-9-3-2-4-10-17)15-21-18(24)16-8-7-13-23(14-16)19(25)22-11-5-6-12-22/h2-4,9-10,16,26H,5-8,11-15H2,1H3,(H,21,24)/t16-,20+/m1/s1. The Balaban J connectivity index is 1.53. The molecule has 0 spiro atoms. The zero-order valence-corrected chi connectivity index (χ0v) is 15.5. The third-order valence-corrected chi connectivity index (χ3v) is 5.44. The van der Waals surface area contributed by atoms with Crippen LogP contribution in [0.2, 0.25) is 0 Å². The van der Waals surface area contributed by atoms with Gasteiger partial charge in [0.05, 0.1) is 12.5 Å². The SMILES string of the molecule is C[C@](O)(CNC(=O)[C@@H]1CCCN(C(=O)N2CCCC2)C1)c1ccccc1. The molecule has 26 heavy (non-hydrogen) atoms. The van der Waals surface area contributed by atoms with Gasteiger partial charge in [-0.2, -0.15) is 0 Å². The molecule has 0 aliphatic carbocycles. The van der Waals surface area contributed by atoms with Crippen molar-refractivity contribution in [2.75, 3.05) is 32.7 Å². The maximum absolute atomic E-state index is 12.6. The number of aliphatic hydroxyl groups is 1. The van der Waals surface area contributed by atoms with Gasteiger partial charge in [0.1, 0.15) is 5.60 Å². The van der Waals surface area contributed by atoms with Gasteiger partial charge in [-0.1, -0.05) is 30.3 Å². The molecule has 0 saturated carbocycles. The van der Waals surface area contributed by atoms with Crippen molar-refractivity contribution in [1.82, 2.24) is 15.1 Å². The van der Waals surface area contributed by atoms with Crippen molar-refractivity contribution in [3.63, 3.8) is 0 Å². The average molecular weight is 359 g/mol. The van der Waals surface area contributed by atoms with Crippen LogP contribution in [0.1, 0.15) is 38.2 Å². The molecule has 0 bridgehead atoms. The van der Waals surface area contributed by atoms with E-state index in [9.17, 15) is 14.7 Å². The predicted molar refractivity (Wildman–Crippen MR) is 99.5 cm³/mol. The fraction of sp³-hybridized carbons (Fsp3) is 0.600. The van der Waals surface area contributed by atoms with E-state index in [-0.39, 0.29) is 24.4 Å². The molecule has 1 aromatic carbocycles. The number of hydrogen-bond acceptors (Lipinski definition) is 3. The number of benzene rings is 1. The molecule has 6 heteroatoms. The van der Waals surface area contributed by atoms with Gasteiger partial charge in [-0.05, 0) is 38.2 Å². The lowest BCUT2D eigenvalue weighted by molar-refractivity contribution is -0.127. The second-order valence-electron chi connectivity index (χ2n) is 7.62. The first kappa shape index (κ1) is 18.7. The van der Waals surface area contributed by atoms with E-state index < -0.39 is 5.60 Å². The van der Waals surface area contributed by atoms with Crippen LogP contribution in [0.4, 0.5) is 4.79 Å². The molecule has 2 aliphatic heterocycles. The highest BCUT2D eigenvalue weighted by Gasteiger charge is 2.32. The monoisotopic (exact) mass is 359 g/mol. The van der Waals surface area contributed by atoms with E-state index in [0.29, 0.717) is 6.54 Å². The normalized spacial score (nSPS) is 22.8. The third-order valence-electron chi connectivity index (χ3n) is 5.44. The molecular formula is C20H29N3O3. The summed E-state index contributed by atoms with van der Waals surface area (Å²) in [7, 11) is 0. The first-order chi connectivity index (χ1) is 12.5. The van der Waals surface area contributed by atoms with Crippen LogP contribution in [-0.4, -0.2) is 59.6 Å². The Morgan fingerprint density at radius 1 is 1.12 bits per heavy atom. The van der Waals surface area contributed by atoms with Crippen molar-refractivity contribution >= 4 is 11.9 Å². The first-order valence-corrected chi connectivity index (χ1v) is 9.57. The molecule has 2 aliphatic rings. The molecule has 0 unspecified atom stereocenters. The Bertz CT molecular complexity index is 626. The van der Waals surface area contributed by atoms with E-state index in [0.717, 1.165) is 50.9 Å². The fourth-order valence-corrected chi connectivity index (χ4v) is 3.78. The number of likely N-dealkylation sites (tertiary alicyclic amines) is 2. The summed E-state index contributed by atoms with van der Waals surface area (Å²) in [6.07, 6.45) is 3.76. The summed E-state index contributed by atoms with van der Waals surface area (Å²) in [5, 5.41) is 13.5. The van der Waals surface area contributed by atoms with Crippen LogP contribution < -0.4 is 5.32 Å². The molecule has 2 atom stereocenters. The van der Waals surface area contributed by atoms with Gasteiger partial charge in [0.15, 0.2) is 0 Å². The molecule has 1 aromatic rings. The van der Waals surface area contributed by atoms with Crippen molar-refractivity contribution in [3.05, 3.63) is 35.9 Å². The third kappa shape index (κ3) is 4.36. The molecule has 2 saturated heterocycles. The summed E-state index contributed by atoms with van der Waals surface area (Å²) in [6, 6.07) is 9.40. The van der Waals surface area contributed by atoms with Gasteiger partial charge in [0.2, 0.25) is 5.91 Å². The van der Waals surface area contributed by atoms with E-state index in [1.807, 2.05) is 40.1 Å². The number of carbonyl (C=O) groups is 2. The molecule has 3 amide bonds. The molecule has 0 aromatic heterocycles. The zero-order valence-electron chi connectivity index (χ0n) is 15.5. The number of hydrogen-bond donors (Lipinski definition) is 2. The number of amides is 3. The van der Waals surface area contributed by atoms with E-state index in [4.69, 9.17) is 0 Å². The van der Waals surface area contributed by atoms with Gasteiger partial charge in [-0.3, -0.25) is 4.79 Å². The molecule has 0 radical (unpaired) electrons. The largest absolute Gasteiger partial charge is 0.384 e. The minimum atomic E-state index is -1.11. The highest BCUT2D eigenvalue weighted by atomic mass is 16.3. The molecular weight excluding hydrogens is 330 g/mol. The van der Waals surface area contributed by atoms with Crippen LogP contribution >= 0.6 is 0 Å². The lowest BCUT2D eigenvalue weighted by atomic mass is 9.94. The second kappa shape index (κ2) is 8.08. The first-order valence-electron chi connectivity index (χ1n) is 9.57. The lowest BCUT2D eigenvalue weighted by Gasteiger charge is -2.35. The summed E-state index contributed by atoms with van der Waals surface area (Å²) in [5.74, 6) is -0.290. The average Bonchev–Trinajstić information content (AvgIpc) is 3.21. The Kier molecular flexibility index (Phi) is 5.81. The number of piperidine rings is 1. The topological polar surface area (TPSA) is 72.9 Å². The molecule has 2 N–H and O–H groups in total. The number of nitrogens with one attached hydrogen (secondary N) is 1. The van der Waals surface area contributed by atoms with Gasteiger partial charge >= 0.3 is 6.03 Å². The minimum Gasteiger partial charge on any atom is -0.384 e. The number of nitrogens with zero attached hydrogens (tertiary/aromatic N) is 2. The van der Waals surface area contributed by atoms with E-state index in [1.165, 1.54) is 0 Å². The van der Waals surface area contributed by atoms with Gasteiger partial charge in [0, 0.05) is 26.2 Å². The summed E-state index contributed by atoms with van der Waals surface area (Å²) < 4.78 is 0. The molecule has 2 heterocycles. The van der Waals surface area contributed by atoms with E-state index >= 15 is 0 Å². The van der Waals surface area contributed by atoms with Gasteiger partial charge < -0.3 is 20.2 Å². The zero-order chi connectivity index (χ0) is 18.6. The highest BCUT2D eigenvalue weighted by molar-refractivity contribution is 5.81. The van der Waals surface area contributed by atoms with Crippen molar-refractivity contribution in [1.29, 1.82) is 0 Å². The maximum Gasteiger partial charge on any atom is 0.320 e. The van der Waals surface area contributed by atoms with Gasteiger partial charge in [-0.25, -0.2) is 4.79 Å². The Morgan fingerprint density at radius 3 is 2.46 bits per heavy atom.